The zero-order valence-corrected chi connectivity index (χ0v) is 11.2. The molecule has 0 bridgehead atoms. The Morgan fingerprint density at radius 1 is 1.37 bits per heavy atom. The van der Waals surface area contributed by atoms with E-state index in [-0.39, 0.29) is 11.5 Å². The molecule has 1 N–H and O–H groups in total. The Morgan fingerprint density at radius 3 is 2.89 bits per heavy atom. The van der Waals surface area contributed by atoms with Crippen molar-refractivity contribution >= 4 is 16.9 Å². The fourth-order valence-corrected chi connectivity index (χ4v) is 1.95. The molecule has 102 valence electrons. The molecule has 0 radical (unpaired) electrons. The number of nitrogens with zero attached hydrogens (tertiary/aromatic N) is 1. The van der Waals surface area contributed by atoms with Crippen LogP contribution in [0.15, 0.2) is 27.4 Å². The molecule has 0 spiro atoms. The number of Topliss-reactive ketones (excluding diaryl/α,β-unsaturated/α-hetero) is 1. The molecule has 0 aliphatic rings. The van der Waals surface area contributed by atoms with Crippen molar-refractivity contribution in [3.05, 3.63) is 34.3 Å². The molecule has 0 aliphatic heterocycles. The van der Waals surface area contributed by atoms with Gasteiger partial charge in [0.15, 0.2) is 5.58 Å². The summed E-state index contributed by atoms with van der Waals surface area (Å²) in [6, 6.07) is 5.74. The van der Waals surface area contributed by atoms with E-state index in [0.29, 0.717) is 18.5 Å². The number of fused-ring (bicyclic) bond motifs is 1. The zero-order chi connectivity index (χ0) is 13.8. The number of benzene rings is 1. The molecule has 0 atom stereocenters. The van der Waals surface area contributed by atoms with Gasteiger partial charge in [0.25, 0.3) is 0 Å². The second-order valence-electron chi connectivity index (χ2n) is 4.68. The van der Waals surface area contributed by atoms with Crippen molar-refractivity contribution < 1.29 is 9.21 Å². The fourth-order valence-electron chi connectivity index (χ4n) is 1.95. The molecular formula is C14H18N2O3. The minimum absolute atomic E-state index is 0.197. The highest BCUT2D eigenvalue weighted by molar-refractivity contribution is 5.75. The van der Waals surface area contributed by atoms with Crippen LogP contribution in [-0.4, -0.2) is 23.4 Å². The number of rotatable bonds is 6. The van der Waals surface area contributed by atoms with Crippen LogP contribution >= 0.6 is 0 Å². The van der Waals surface area contributed by atoms with Crippen LogP contribution in [0.3, 0.4) is 0 Å². The normalized spacial score (nSPS) is 11.1. The molecule has 1 heterocycles. The van der Waals surface area contributed by atoms with E-state index in [9.17, 15) is 9.59 Å². The molecule has 0 unspecified atom stereocenters. The summed E-state index contributed by atoms with van der Waals surface area (Å²) in [6.45, 7) is 3.11. The van der Waals surface area contributed by atoms with Crippen molar-refractivity contribution in [3.8, 4) is 0 Å². The average molecular weight is 262 g/mol. The molecule has 1 aromatic carbocycles. The molecule has 19 heavy (non-hydrogen) atoms. The minimum Gasteiger partial charge on any atom is -0.408 e. The topological polar surface area (TPSA) is 64.2 Å². The van der Waals surface area contributed by atoms with Gasteiger partial charge in [0, 0.05) is 20.0 Å². The Morgan fingerprint density at radius 2 is 2.16 bits per heavy atom. The van der Waals surface area contributed by atoms with E-state index >= 15 is 0 Å². The number of carbonyl (C=O) groups is 1. The second-order valence-corrected chi connectivity index (χ2v) is 4.68. The van der Waals surface area contributed by atoms with Crippen LogP contribution in [0.1, 0.15) is 18.9 Å². The number of hydrogen-bond donors (Lipinski definition) is 1. The molecule has 2 rings (SSSR count). The zero-order valence-electron chi connectivity index (χ0n) is 11.2. The van der Waals surface area contributed by atoms with Gasteiger partial charge in [-0.25, -0.2) is 4.79 Å². The quantitative estimate of drug-likeness (QED) is 0.796. The molecule has 0 aliphatic carbocycles. The Bertz CT molecular complexity index is 640. The summed E-state index contributed by atoms with van der Waals surface area (Å²) in [5.74, 6) is -0.144. The van der Waals surface area contributed by atoms with Gasteiger partial charge in [-0.1, -0.05) is 6.07 Å². The molecule has 0 amide bonds. The van der Waals surface area contributed by atoms with Crippen LogP contribution in [-0.2, 0) is 18.3 Å². The maximum absolute atomic E-state index is 11.4. The van der Waals surface area contributed by atoms with Gasteiger partial charge in [-0.05, 0) is 37.6 Å². The largest absolute Gasteiger partial charge is 0.419 e. The SMILES string of the molecule is CC(=O)CCNCCc1ccc2oc(=O)n(C)c2c1. The lowest BCUT2D eigenvalue weighted by molar-refractivity contribution is -0.116. The first kappa shape index (κ1) is 13.5. The first-order valence-corrected chi connectivity index (χ1v) is 6.36. The number of carbonyl (C=O) groups excluding carboxylic acids is 1. The van der Waals surface area contributed by atoms with Crippen molar-refractivity contribution in [2.24, 2.45) is 7.05 Å². The van der Waals surface area contributed by atoms with Crippen molar-refractivity contribution in [1.82, 2.24) is 9.88 Å². The predicted molar refractivity (Wildman–Crippen MR) is 73.3 cm³/mol. The third-order valence-electron chi connectivity index (χ3n) is 3.10. The van der Waals surface area contributed by atoms with Gasteiger partial charge in [0.1, 0.15) is 5.78 Å². The van der Waals surface area contributed by atoms with E-state index < -0.39 is 0 Å². The maximum atomic E-state index is 11.4. The molecule has 5 heteroatoms. The van der Waals surface area contributed by atoms with Gasteiger partial charge in [-0.2, -0.15) is 0 Å². The lowest BCUT2D eigenvalue weighted by atomic mass is 10.1. The van der Waals surface area contributed by atoms with Crippen LogP contribution in [0.2, 0.25) is 0 Å². The van der Waals surface area contributed by atoms with Gasteiger partial charge in [0.2, 0.25) is 0 Å². The van der Waals surface area contributed by atoms with Crippen molar-refractivity contribution in [2.75, 3.05) is 13.1 Å². The van der Waals surface area contributed by atoms with Crippen molar-refractivity contribution in [2.45, 2.75) is 19.8 Å². The highest BCUT2D eigenvalue weighted by Crippen LogP contribution is 2.14. The summed E-state index contributed by atoms with van der Waals surface area (Å²) in [5.41, 5.74) is 2.56. The van der Waals surface area contributed by atoms with Gasteiger partial charge < -0.3 is 9.73 Å². The first-order valence-electron chi connectivity index (χ1n) is 6.36. The Kier molecular flexibility index (Phi) is 4.16. The number of aromatic nitrogens is 1. The number of ketones is 1. The van der Waals surface area contributed by atoms with Gasteiger partial charge in [0.05, 0.1) is 5.52 Å². The molecular weight excluding hydrogens is 244 g/mol. The Labute approximate surface area is 111 Å². The van der Waals surface area contributed by atoms with E-state index in [2.05, 4.69) is 5.32 Å². The van der Waals surface area contributed by atoms with Gasteiger partial charge in [-0.3, -0.25) is 9.36 Å². The highest BCUT2D eigenvalue weighted by atomic mass is 16.4. The smallest absolute Gasteiger partial charge is 0.408 e. The van der Waals surface area contributed by atoms with Crippen LogP contribution < -0.4 is 11.1 Å². The van der Waals surface area contributed by atoms with E-state index in [4.69, 9.17) is 4.42 Å². The number of oxazole rings is 1. The summed E-state index contributed by atoms with van der Waals surface area (Å²) < 4.78 is 6.58. The first-order chi connectivity index (χ1) is 9.08. The lowest BCUT2D eigenvalue weighted by Crippen LogP contribution is -2.20. The molecule has 0 saturated heterocycles. The van der Waals surface area contributed by atoms with Crippen molar-refractivity contribution in [1.29, 1.82) is 0 Å². The van der Waals surface area contributed by atoms with Gasteiger partial charge >= 0.3 is 5.76 Å². The standard InChI is InChI=1S/C14H18N2O3/c1-10(17)5-7-15-8-6-11-3-4-13-12(9-11)16(2)14(18)19-13/h3-4,9,15H,5-8H2,1-2H3. The Hall–Kier alpha value is -1.88. The Balaban J connectivity index is 1.96. The number of hydrogen-bond acceptors (Lipinski definition) is 4. The van der Waals surface area contributed by atoms with E-state index in [1.165, 1.54) is 4.57 Å². The molecule has 0 saturated carbocycles. The van der Waals surface area contributed by atoms with E-state index in [0.717, 1.165) is 24.0 Å². The second kappa shape index (κ2) is 5.84. The molecule has 5 nitrogen and oxygen atoms in total. The van der Waals surface area contributed by atoms with E-state index in [1.807, 2.05) is 18.2 Å². The molecule has 1 aromatic heterocycles. The minimum atomic E-state index is -0.341. The monoisotopic (exact) mass is 262 g/mol. The van der Waals surface area contributed by atoms with Crippen LogP contribution in [0, 0.1) is 0 Å². The summed E-state index contributed by atoms with van der Waals surface area (Å²) in [5, 5.41) is 3.22. The number of nitrogens with one attached hydrogen (secondary N) is 1. The van der Waals surface area contributed by atoms with Crippen LogP contribution in [0.25, 0.3) is 11.1 Å². The van der Waals surface area contributed by atoms with E-state index in [1.54, 1.807) is 14.0 Å². The average Bonchev–Trinajstić information content (AvgIpc) is 2.65. The lowest BCUT2D eigenvalue weighted by Gasteiger charge is -2.04. The highest BCUT2D eigenvalue weighted by Gasteiger charge is 2.06. The summed E-state index contributed by atoms with van der Waals surface area (Å²) in [6.07, 6.45) is 1.42. The van der Waals surface area contributed by atoms with Gasteiger partial charge in [-0.15, -0.1) is 0 Å². The predicted octanol–water partition coefficient (Wildman–Crippen LogP) is 1.24. The summed E-state index contributed by atoms with van der Waals surface area (Å²) >= 11 is 0. The summed E-state index contributed by atoms with van der Waals surface area (Å²) in [4.78, 5) is 22.1. The molecule has 0 fully saturated rings. The van der Waals surface area contributed by atoms with Crippen molar-refractivity contribution in [3.63, 3.8) is 0 Å². The third-order valence-corrected chi connectivity index (χ3v) is 3.10. The third kappa shape index (κ3) is 3.32. The molecule has 2 aromatic rings. The number of aryl methyl sites for hydroxylation is 1. The summed E-state index contributed by atoms with van der Waals surface area (Å²) in [7, 11) is 1.70. The fraction of sp³-hybridized carbons (Fsp3) is 0.429. The maximum Gasteiger partial charge on any atom is 0.419 e. The van der Waals surface area contributed by atoms with Crippen LogP contribution in [0.4, 0.5) is 0 Å². The van der Waals surface area contributed by atoms with Crippen LogP contribution in [0.5, 0.6) is 0 Å².